The van der Waals surface area contributed by atoms with E-state index in [9.17, 15) is 0 Å². The van der Waals surface area contributed by atoms with E-state index >= 15 is 0 Å². The second-order valence-electron chi connectivity index (χ2n) is 1.18. The van der Waals surface area contributed by atoms with Gasteiger partial charge >= 0.3 is 0 Å². The van der Waals surface area contributed by atoms with Crippen LogP contribution in [0.25, 0.3) is 0 Å². The Morgan fingerprint density at radius 1 is 2.00 bits per heavy atom. The number of aliphatic hydroxyl groups is 1. The number of rotatable bonds is 2. The summed E-state index contributed by atoms with van der Waals surface area (Å²) in [5.74, 6) is -0.134. The highest BCUT2D eigenvalue weighted by molar-refractivity contribution is 6.35. The molecule has 3 heteroatoms. The lowest BCUT2D eigenvalue weighted by atomic mass is 9.74. The topological polar surface area (TPSA) is 46.2 Å². The molecule has 1 radical (unpaired) electrons. The fraction of sp³-hybridized carbons (Fsp3) is 1.00. The van der Waals surface area contributed by atoms with Gasteiger partial charge in [-0.05, 0) is 5.94 Å². The molecule has 0 aliphatic carbocycles. The van der Waals surface area contributed by atoms with Crippen molar-refractivity contribution in [1.29, 1.82) is 0 Å². The Balaban J connectivity index is 2.75. The molecule has 1 atom stereocenters. The summed E-state index contributed by atoms with van der Waals surface area (Å²) in [6.45, 7) is 1.87. The van der Waals surface area contributed by atoms with Gasteiger partial charge in [-0.1, -0.05) is 6.82 Å². The van der Waals surface area contributed by atoms with Crippen LogP contribution in [0, 0.1) is 0 Å². The Morgan fingerprint density at radius 3 is 2.50 bits per heavy atom. The van der Waals surface area contributed by atoms with Crippen LogP contribution in [-0.2, 0) is 0 Å². The summed E-state index contributed by atoms with van der Waals surface area (Å²) in [6, 6.07) is 0. The Bertz CT molecular complexity index is 30.0. The van der Waals surface area contributed by atoms with Crippen molar-refractivity contribution >= 4 is 7.28 Å². The third kappa shape index (κ3) is 2.24. The minimum atomic E-state index is -0.134. The third-order valence-electron chi connectivity index (χ3n) is 0.639. The van der Waals surface area contributed by atoms with E-state index in [1.54, 1.807) is 7.28 Å². The summed E-state index contributed by atoms with van der Waals surface area (Å²) in [5.41, 5.74) is 5.17. The molecule has 0 heterocycles. The van der Waals surface area contributed by atoms with Gasteiger partial charge in [0.05, 0.1) is 6.61 Å². The molecule has 0 saturated heterocycles. The Morgan fingerprint density at radius 2 is 2.50 bits per heavy atom. The van der Waals surface area contributed by atoms with Crippen LogP contribution >= 0.6 is 0 Å². The molecule has 2 nitrogen and oxygen atoms in total. The van der Waals surface area contributed by atoms with Crippen molar-refractivity contribution in [3.05, 3.63) is 0 Å². The van der Waals surface area contributed by atoms with Crippen molar-refractivity contribution in [1.82, 2.24) is 0 Å². The van der Waals surface area contributed by atoms with Gasteiger partial charge in [0.25, 0.3) is 0 Å². The summed E-state index contributed by atoms with van der Waals surface area (Å²) in [4.78, 5) is 0. The van der Waals surface area contributed by atoms with Gasteiger partial charge in [0.15, 0.2) is 0 Å². The van der Waals surface area contributed by atoms with Gasteiger partial charge in [0.1, 0.15) is 7.28 Å². The van der Waals surface area contributed by atoms with Crippen LogP contribution in [0.4, 0.5) is 0 Å². The molecule has 0 spiro atoms. The molecule has 35 valence electrons. The molecule has 0 aromatic rings. The van der Waals surface area contributed by atoms with Crippen molar-refractivity contribution < 1.29 is 5.11 Å². The average molecular weight is 85.9 g/mol. The zero-order valence-electron chi connectivity index (χ0n) is 3.89. The fourth-order valence-electron chi connectivity index (χ4n) is 0.105. The molecule has 0 amide bonds. The maximum Gasteiger partial charge on any atom is 0.132 e. The third-order valence-corrected chi connectivity index (χ3v) is 0.639. The van der Waals surface area contributed by atoms with E-state index in [1.165, 1.54) is 0 Å². The van der Waals surface area contributed by atoms with Crippen LogP contribution < -0.4 is 5.73 Å². The Labute approximate surface area is 38.6 Å². The van der Waals surface area contributed by atoms with Gasteiger partial charge < -0.3 is 10.8 Å². The quantitative estimate of drug-likeness (QED) is 0.424. The number of hydrogen-bond acceptors (Lipinski definition) is 2. The molecule has 0 saturated carbocycles. The maximum absolute atomic E-state index is 8.18. The van der Waals surface area contributed by atoms with Crippen molar-refractivity contribution in [2.45, 2.75) is 12.8 Å². The molecular weight excluding hydrogens is 76.9 g/mol. The first kappa shape index (κ1) is 5.98. The van der Waals surface area contributed by atoms with Crippen molar-refractivity contribution in [2.75, 3.05) is 6.61 Å². The van der Waals surface area contributed by atoms with Crippen LogP contribution in [0.3, 0.4) is 0 Å². The number of hydrogen-bond donors (Lipinski definition) is 2. The van der Waals surface area contributed by atoms with Crippen molar-refractivity contribution in [3.63, 3.8) is 0 Å². The highest BCUT2D eigenvalue weighted by Gasteiger charge is 1.92. The minimum Gasteiger partial charge on any atom is -0.396 e. The van der Waals surface area contributed by atoms with E-state index in [0.29, 0.717) is 0 Å². The second-order valence-corrected chi connectivity index (χ2v) is 1.18. The normalized spacial score (nSPS) is 13.8. The van der Waals surface area contributed by atoms with Crippen LogP contribution in [0.2, 0.25) is 6.82 Å². The maximum atomic E-state index is 8.18. The second kappa shape index (κ2) is 3.19. The molecule has 0 aliphatic heterocycles. The van der Waals surface area contributed by atoms with Gasteiger partial charge in [-0.2, -0.15) is 0 Å². The zero-order valence-corrected chi connectivity index (χ0v) is 3.89. The lowest BCUT2D eigenvalue weighted by Crippen LogP contribution is -2.29. The van der Waals surface area contributed by atoms with Crippen LogP contribution in [0.15, 0.2) is 0 Å². The van der Waals surface area contributed by atoms with E-state index in [0.717, 1.165) is 0 Å². The highest BCUT2D eigenvalue weighted by atomic mass is 16.3. The summed E-state index contributed by atoms with van der Waals surface area (Å²) < 4.78 is 0. The number of aliphatic hydroxyl groups excluding tert-OH is 1. The van der Waals surface area contributed by atoms with Crippen LogP contribution in [0.5, 0.6) is 0 Å². The summed E-state index contributed by atoms with van der Waals surface area (Å²) in [6.07, 6.45) is 0. The summed E-state index contributed by atoms with van der Waals surface area (Å²) >= 11 is 0. The smallest absolute Gasteiger partial charge is 0.132 e. The molecule has 0 aliphatic rings. The van der Waals surface area contributed by atoms with E-state index in [1.807, 2.05) is 6.82 Å². The van der Waals surface area contributed by atoms with Gasteiger partial charge in [-0.15, -0.1) is 0 Å². The summed E-state index contributed by atoms with van der Waals surface area (Å²) in [7, 11) is 1.75. The Hall–Kier alpha value is -0.0151. The first-order valence-corrected chi connectivity index (χ1v) is 1.97. The molecule has 6 heavy (non-hydrogen) atoms. The number of nitrogens with two attached hydrogens (primary N) is 1. The first-order chi connectivity index (χ1) is 2.81. The van der Waals surface area contributed by atoms with Gasteiger partial charge in [0.2, 0.25) is 0 Å². The predicted molar refractivity (Wildman–Crippen MR) is 26.7 cm³/mol. The van der Waals surface area contributed by atoms with Crippen LogP contribution in [-0.4, -0.2) is 24.9 Å². The molecule has 0 bridgehead atoms. The lowest BCUT2D eigenvalue weighted by Gasteiger charge is -1.97. The first-order valence-electron chi connectivity index (χ1n) is 1.97. The largest absolute Gasteiger partial charge is 0.396 e. The molecule has 0 aromatic carbocycles. The molecular formula is C3H9BNO. The molecule has 0 fully saturated rings. The van der Waals surface area contributed by atoms with Gasteiger partial charge in [0, 0.05) is 0 Å². The SMILES string of the molecule is C[B][C@H](N)CO. The Kier molecular flexibility index (Phi) is 3.18. The minimum absolute atomic E-state index is 0.0521. The highest BCUT2D eigenvalue weighted by Crippen LogP contribution is 1.66. The van der Waals surface area contributed by atoms with E-state index < -0.39 is 0 Å². The van der Waals surface area contributed by atoms with Gasteiger partial charge in [-0.25, -0.2) is 0 Å². The van der Waals surface area contributed by atoms with Gasteiger partial charge in [-0.3, -0.25) is 0 Å². The zero-order chi connectivity index (χ0) is 4.99. The lowest BCUT2D eigenvalue weighted by molar-refractivity contribution is 0.293. The summed E-state index contributed by atoms with van der Waals surface area (Å²) in [5, 5.41) is 8.18. The molecule has 0 rings (SSSR count). The van der Waals surface area contributed by atoms with E-state index in [-0.39, 0.29) is 12.5 Å². The predicted octanol–water partition coefficient (Wildman–Crippen LogP) is -0.984. The van der Waals surface area contributed by atoms with Crippen molar-refractivity contribution in [3.8, 4) is 0 Å². The molecule has 0 aromatic heterocycles. The van der Waals surface area contributed by atoms with E-state index in [2.05, 4.69) is 0 Å². The van der Waals surface area contributed by atoms with E-state index in [4.69, 9.17) is 10.8 Å². The van der Waals surface area contributed by atoms with Crippen molar-refractivity contribution in [2.24, 2.45) is 5.73 Å². The molecule has 0 unspecified atom stereocenters. The van der Waals surface area contributed by atoms with Crippen LogP contribution in [0.1, 0.15) is 0 Å². The standard InChI is InChI=1S/C3H9BNO/c1-4-3(5)2-6/h3,6H,2,5H2,1H3/t3-/m1/s1. The fourth-order valence-corrected chi connectivity index (χ4v) is 0.105. The molecule has 3 N–H and O–H groups in total. The monoisotopic (exact) mass is 86.1 g/mol. The average Bonchev–Trinajstić information content (AvgIpc) is 1.65.